The lowest BCUT2D eigenvalue weighted by Gasteiger charge is -2.24. The van der Waals surface area contributed by atoms with Gasteiger partial charge in [0.1, 0.15) is 6.04 Å². The maximum atomic E-state index is 12.4. The van der Waals surface area contributed by atoms with E-state index in [1.807, 2.05) is 37.3 Å². The summed E-state index contributed by atoms with van der Waals surface area (Å²) >= 11 is 0. The SMILES string of the molecule is COC(=O)[C@@H](NC1CCCN(c2nc(C)c3ccc(C)cc3n2)CC1)c1ccccc1. The molecule has 3 aromatic rings. The summed E-state index contributed by atoms with van der Waals surface area (Å²) in [6.07, 6.45) is 2.91. The van der Waals surface area contributed by atoms with E-state index < -0.39 is 6.04 Å². The van der Waals surface area contributed by atoms with E-state index >= 15 is 0 Å². The molecule has 0 aliphatic carbocycles. The van der Waals surface area contributed by atoms with Gasteiger partial charge in [0.15, 0.2) is 0 Å². The fourth-order valence-electron chi connectivity index (χ4n) is 4.29. The number of esters is 1. The van der Waals surface area contributed by atoms with Gasteiger partial charge >= 0.3 is 5.97 Å². The highest BCUT2D eigenvalue weighted by Crippen LogP contribution is 2.24. The summed E-state index contributed by atoms with van der Waals surface area (Å²) in [7, 11) is 1.44. The van der Waals surface area contributed by atoms with Gasteiger partial charge in [-0.2, -0.15) is 0 Å². The highest BCUT2D eigenvalue weighted by atomic mass is 16.5. The van der Waals surface area contributed by atoms with Crippen LogP contribution in [0.3, 0.4) is 0 Å². The van der Waals surface area contributed by atoms with Crippen LogP contribution in [0.4, 0.5) is 5.95 Å². The molecule has 2 atom stereocenters. The number of nitrogens with zero attached hydrogens (tertiary/aromatic N) is 3. The average Bonchev–Trinajstić information content (AvgIpc) is 3.03. The monoisotopic (exact) mass is 418 g/mol. The lowest BCUT2D eigenvalue weighted by Crippen LogP contribution is -2.38. The molecule has 1 aromatic heterocycles. The number of benzene rings is 2. The van der Waals surface area contributed by atoms with Crippen molar-refractivity contribution in [2.24, 2.45) is 0 Å². The molecule has 1 unspecified atom stereocenters. The Morgan fingerprint density at radius 2 is 1.90 bits per heavy atom. The predicted molar refractivity (Wildman–Crippen MR) is 123 cm³/mol. The number of ether oxygens (including phenoxy) is 1. The molecule has 2 heterocycles. The Kier molecular flexibility index (Phi) is 6.47. The summed E-state index contributed by atoms with van der Waals surface area (Å²) in [6.45, 7) is 5.88. The topological polar surface area (TPSA) is 67.3 Å². The number of carbonyl (C=O) groups is 1. The van der Waals surface area contributed by atoms with Crippen molar-refractivity contribution in [3.63, 3.8) is 0 Å². The van der Waals surface area contributed by atoms with Crippen molar-refractivity contribution in [2.75, 3.05) is 25.1 Å². The van der Waals surface area contributed by atoms with Crippen LogP contribution in [0.1, 0.15) is 42.1 Å². The first kappa shape index (κ1) is 21.2. The van der Waals surface area contributed by atoms with Gasteiger partial charge in [-0.25, -0.2) is 14.8 Å². The van der Waals surface area contributed by atoms with Gasteiger partial charge in [-0.15, -0.1) is 0 Å². The molecular weight excluding hydrogens is 388 g/mol. The molecule has 4 rings (SSSR count). The summed E-state index contributed by atoms with van der Waals surface area (Å²) < 4.78 is 5.06. The Morgan fingerprint density at radius 3 is 2.68 bits per heavy atom. The zero-order valence-electron chi connectivity index (χ0n) is 18.5. The molecule has 0 amide bonds. The first-order valence-corrected chi connectivity index (χ1v) is 10.9. The van der Waals surface area contributed by atoms with Gasteiger partial charge < -0.3 is 9.64 Å². The van der Waals surface area contributed by atoms with E-state index in [9.17, 15) is 4.79 Å². The van der Waals surface area contributed by atoms with Gasteiger partial charge in [-0.1, -0.05) is 42.5 Å². The highest BCUT2D eigenvalue weighted by molar-refractivity contribution is 5.82. The fourth-order valence-corrected chi connectivity index (χ4v) is 4.29. The Labute approximate surface area is 183 Å². The first-order valence-electron chi connectivity index (χ1n) is 10.9. The van der Waals surface area contributed by atoms with Gasteiger partial charge in [0, 0.05) is 24.5 Å². The molecule has 1 N–H and O–H groups in total. The number of aryl methyl sites for hydroxylation is 2. The predicted octanol–water partition coefficient (Wildman–Crippen LogP) is 4.11. The van der Waals surface area contributed by atoms with Crippen LogP contribution in [0.15, 0.2) is 48.5 Å². The number of methoxy groups -OCH3 is 1. The second-order valence-electron chi connectivity index (χ2n) is 8.28. The van der Waals surface area contributed by atoms with Crippen LogP contribution in [-0.2, 0) is 9.53 Å². The van der Waals surface area contributed by atoms with Crippen molar-refractivity contribution in [1.29, 1.82) is 0 Å². The summed E-state index contributed by atoms with van der Waals surface area (Å²) in [5.74, 6) is 0.542. The number of carbonyl (C=O) groups excluding carboxylic acids is 1. The molecule has 31 heavy (non-hydrogen) atoms. The Bertz CT molecular complexity index is 1050. The van der Waals surface area contributed by atoms with Gasteiger partial charge in [-0.3, -0.25) is 5.32 Å². The lowest BCUT2D eigenvalue weighted by molar-refractivity contribution is -0.143. The van der Waals surface area contributed by atoms with Gasteiger partial charge in [0.05, 0.1) is 18.3 Å². The molecule has 1 saturated heterocycles. The quantitative estimate of drug-likeness (QED) is 0.629. The van der Waals surface area contributed by atoms with E-state index in [2.05, 4.69) is 35.3 Å². The van der Waals surface area contributed by atoms with Crippen LogP contribution in [0.2, 0.25) is 0 Å². The van der Waals surface area contributed by atoms with E-state index in [4.69, 9.17) is 14.7 Å². The normalized spacial score (nSPS) is 17.9. The highest BCUT2D eigenvalue weighted by Gasteiger charge is 2.26. The molecular formula is C25H30N4O2. The van der Waals surface area contributed by atoms with Crippen LogP contribution in [0, 0.1) is 13.8 Å². The number of fused-ring (bicyclic) bond motifs is 1. The van der Waals surface area contributed by atoms with Gasteiger partial charge in [0.25, 0.3) is 0 Å². The van der Waals surface area contributed by atoms with Crippen molar-refractivity contribution in [3.8, 4) is 0 Å². The largest absolute Gasteiger partial charge is 0.468 e. The Hall–Kier alpha value is -2.99. The van der Waals surface area contributed by atoms with Crippen LogP contribution >= 0.6 is 0 Å². The average molecular weight is 419 g/mol. The maximum absolute atomic E-state index is 12.4. The second kappa shape index (κ2) is 9.43. The van der Waals surface area contributed by atoms with Crippen LogP contribution in [0.25, 0.3) is 10.9 Å². The zero-order valence-corrected chi connectivity index (χ0v) is 18.5. The molecule has 1 fully saturated rings. The summed E-state index contributed by atoms with van der Waals surface area (Å²) in [4.78, 5) is 24.4. The van der Waals surface area contributed by atoms with E-state index in [0.29, 0.717) is 0 Å². The number of rotatable bonds is 5. The minimum atomic E-state index is -0.454. The lowest BCUT2D eigenvalue weighted by atomic mass is 10.0. The minimum Gasteiger partial charge on any atom is -0.468 e. The van der Waals surface area contributed by atoms with Crippen molar-refractivity contribution in [1.82, 2.24) is 15.3 Å². The van der Waals surface area contributed by atoms with Crippen molar-refractivity contribution < 1.29 is 9.53 Å². The first-order chi connectivity index (χ1) is 15.0. The Balaban J connectivity index is 1.49. The smallest absolute Gasteiger partial charge is 0.327 e. The molecule has 0 saturated carbocycles. The number of hydrogen-bond donors (Lipinski definition) is 1. The minimum absolute atomic E-state index is 0.220. The van der Waals surface area contributed by atoms with Crippen LogP contribution in [0.5, 0.6) is 0 Å². The van der Waals surface area contributed by atoms with E-state index in [1.54, 1.807) is 0 Å². The van der Waals surface area contributed by atoms with Crippen molar-refractivity contribution in [3.05, 3.63) is 65.4 Å². The third-order valence-corrected chi connectivity index (χ3v) is 6.01. The summed E-state index contributed by atoms with van der Waals surface area (Å²) in [5.41, 5.74) is 4.13. The van der Waals surface area contributed by atoms with Gasteiger partial charge in [-0.05, 0) is 50.3 Å². The standard InChI is InChI=1S/C25H30N4O2/c1-17-11-12-21-18(2)26-25(28-22(21)16-17)29-14-7-10-20(13-15-29)27-23(24(30)31-3)19-8-5-4-6-9-19/h4-6,8-9,11-12,16,20,23,27H,7,10,13-15H2,1-3H3/t20?,23-/m0/s1. The van der Waals surface area contributed by atoms with Crippen LogP contribution < -0.4 is 10.2 Å². The van der Waals surface area contributed by atoms with Crippen molar-refractivity contribution in [2.45, 2.75) is 45.2 Å². The molecule has 6 heteroatoms. The Morgan fingerprint density at radius 1 is 1.10 bits per heavy atom. The third kappa shape index (κ3) is 4.85. The summed E-state index contributed by atoms with van der Waals surface area (Å²) in [5, 5.41) is 4.65. The molecule has 0 spiro atoms. The van der Waals surface area contributed by atoms with E-state index in [1.165, 1.54) is 12.7 Å². The third-order valence-electron chi connectivity index (χ3n) is 6.01. The maximum Gasteiger partial charge on any atom is 0.327 e. The molecule has 1 aliphatic rings. The molecule has 1 aliphatic heterocycles. The number of hydrogen-bond acceptors (Lipinski definition) is 6. The molecule has 2 aromatic carbocycles. The second-order valence-corrected chi connectivity index (χ2v) is 8.28. The molecule has 0 radical (unpaired) electrons. The zero-order chi connectivity index (χ0) is 21.8. The number of anilines is 1. The fraction of sp³-hybridized carbons (Fsp3) is 0.400. The van der Waals surface area contributed by atoms with E-state index in [-0.39, 0.29) is 12.0 Å². The molecule has 0 bridgehead atoms. The van der Waals surface area contributed by atoms with E-state index in [0.717, 1.165) is 60.5 Å². The number of aromatic nitrogens is 2. The van der Waals surface area contributed by atoms with Gasteiger partial charge in [0.2, 0.25) is 5.95 Å². The van der Waals surface area contributed by atoms with Crippen LogP contribution in [-0.4, -0.2) is 42.2 Å². The molecule has 162 valence electrons. The number of nitrogens with one attached hydrogen (secondary N) is 1. The van der Waals surface area contributed by atoms with Crippen molar-refractivity contribution >= 4 is 22.8 Å². The summed E-state index contributed by atoms with van der Waals surface area (Å²) in [6, 6.07) is 15.9. The molecule has 6 nitrogen and oxygen atoms in total.